The number of rotatable bonds is 14. The molecule has 0 radical (unpaired) electrons. The van der Waals surface area contributed by atoms with E-state index in [1.807, 2.05) is 12.2 Å². The molecule has 1 aliphatic heterocycles. The monoisotopic (exact) mass is 335 g/mol. The highest BCUT2D eigenvalue weighted by Crippen LogP contribution is 2.27. The Hall–Kier alpha value is -1.65. The maximum atomic E-state index is 10.6. The summed E-state index contributed by atoms with van der Waals surface area (Å²) in [4.78, 5) is 10.6. The molecule has 1 atom stereocenters. The number of nitrogens with zero attached hydrogens (tertiary/aromatic N) is 2. The van der Waals surface area contributed by atoms with Crippen LogP contribution in [-0.4, -0.2) is 11.1 Å². The van der Waals surface area contributed by atoms with Crippen molar-refractivity contribution in [2.75, 3.05) is 0 Å². The second-order valence-corrected chi connectivity index (χ2v) is 6.53. The second-order valence-electron chi connectivity index (χ2n) is 6.53. The number of nitrogens with one attached hydrogen (secondary N) is 1. The Labute approximate surface area is 146 Å². The first-order valence-corrected chi connectivity index (χ1v) is 9.48. The van der Waals surface area contributed by atoms with Gasteiger partial charge in [0, 0.05) is 18.5 Å². The van der Waals surface area contributed by atoms with Crippen LogP contribution >= 0.6 is 0 Å². The lowest BCUT2D eigenvalue weighted by Crippen LogP contribution is -2.04. The van der Waals surface area contributed by atoms with E-state index >= 15 is 0 Å². The highest BCUT2D eigenvalue weighted by Gasteiger charge is 2.14. The highest BCUT2D eigenvalue weighted by molar-refractivity contribution is 5.66. The first-order valence-electron chi connectivity index (χ1n) is 9.48. The summed E-state index contributed by atoms with van der Waals surface area (Å²) in [5.74, 6) is -0.332. The topological polar surface area (TPSA) is 74.0 Å². The van der Waals surface area contributed by atoms with Crippen molar-refractivity contribution in [2.24, 2.45) is 16.3 Å². The van der Waals surface area contributed by atoms with Crippen LogP contribution in [0.2, 0.25) is 0 Å². The van der Waals surface area contributed by atoms with Gasteiger partial charge in [-0.1, -0.05) is 63.5 Å². The summed E-state index contributed by atoms with van der Waals surface area (Å²) in [5, 5.41) is 17.0. The Kier molecular flexibility index (Phi) is 11.7. The molecule has 0 saturated heterocycles. The van der Waals surface area contributed by atoms with Gasteiger partial charge in [0.1, 0.15) is 0 Å². The summed E-state index contributed by atoms with van der Waals surface area (Å²) in [6, 6.07) is 0. The van der Waals surface area contributed by atoms with Crippen molar-refractivity contribution in [2.45, 2.75) is 84.0 Å². The van der Waals surface area contributed by atoms with Gasteiger partial charge in [-0.05, 0) is 31.4 Å². The molecule has 1 aliphatic rings. The number of carboxylic acid groups (broad SMARTS) is 1. The third-order valence-electron chi connectivity index (χ3n) is 4.43. The minimum atomic E-state index is -0.709. The molecule has 1 rings (SSSR count). The van der Waals surface area contributed by atoms with Gasteiger partial charge < -0.3 is 5.11 Å². The maximum Gasteiger partial charge on any atom is 0.303 e. The van der Waals surface area contributed by atoms with Crippen LogP contribution in [-0.2, 0) is 4.79 Å². The summed E-state index contributed by atoms with van der Waals surface area (Å²) in [5.41, 5.74) is 3.77. The molecule has 0 aliphatic carbocycles. The molecule has 0 aromatic carbocycles. The van der Waals surface area contributed by atoms with Crippen molar-refractivity contribution < 1.29 is 9.90 Å². The van der Waals surface area contributed by atoms with Gasteiger partial charge in [-0.15, -0.1) is 5.11 Å². The fraction of sp³-hybridized carbons (Fsp3) is 0.737. The minimum Gasteiger partial charge on any atom is -0.481 e. The number of unbranched alkanes of at least 4 members (excludes halogenated alkanes) is 7. The van der Waals surface area contributed by atoms with Gasteiger partial charge >= 0.3 is 5.97 Å². The average Bonchev–Trinajstić information content (AvgIpc) is 2.85. The summed E-state index contributed by atoms with van der Waals surface area (Å²) in [6.07, 6.45) is 18.9. The van der Waals surface area contributed by atoms with Crippen LogP contribution < -0.4 is 5.43 Å². The molecule has 0 aromatic rings. The summed E-state index contributed by atoms with van der Waals surface area (Å²) < 4.78 is 0. The van der Waals surface area contributed by atoms with Crippen molar-refractivity contribution in [3.05, 3.63) is 24.0 Å². The average molecular weight is 335 g/mol. The lowest BCUT2D eigenvalue weighted by Gasteiger charge is -2.16. The van der Waals surface area contributed by atoms with Crippen LogP contribution in [0, 0.1) is 5.92 Å². The molecule has 0 fully saturated rings. The van der Waals surface area contributed by atoms with E-state index in [1.54, 1.807) is 6.20 Å². The van der Waals surface area contributed by atoms with E-state index in [4.69, 9.17) is 5.11 Å². The number of hydrogen-bond acceptors (Lipinski definition) is 4. The van der Waals surface area contributed by atoms with E-state index in [1.165, 1.54) is 44.9 Å². The van der Waals surface area contributed by atoms with Crippen LogP contribution in [0.15, 0.2) is 34.4 Å². The quantitative estimate of drug-likeness (QED) is 0.396. The van der Waals surface area contributed by atoms with Gasteiger partial charge in [-0.25, -0.2) is 0 Å². The molecule has 1 heterocycles. The van der Waals surface area contributed by atoms with Crippen molar-refractivity contribution in [1.82, 2.24) is 5.43 Å². The van der Waals surface area contributed by atoms with E-state index in [0.717, 1.165) is 31.4 Å². The zero-order valence-electron chi connectivity index (χ0n) is 15.0. The number of aliphatic carboxylic acids is 1. The minimum absolute atomic E-state index is 0.256. The summed E-state index contributed by atoms with van der Waals surface area (Å²) in [6.45, 7) is 2.24. The van der Waals surface area contributed by atoms with E-state index in [9.17, 15) is 4.79 Å². The van der Waals surface area contributed by atoms with Gasteiger partial charge in [0.25, 0.3) is 0 Å². The molecule has 0 spiro atoms. The van der Waals surface area contributed by atoms with Crippen molar-refractivity contribution in [3.8, 4) is 0 Å². The zero-order chi connectivity index (χ0) is 17.5. The summed E-state index contributed by atoms with van der Waals surface area (Å²) >= 11 is 0. The molecular weight excluding hydrogens is 302 g/mol. The van der Waals surface area contributed by atoms with Crippen molar-refractivity contribution >= 4 is 5.97 Å². The number of carbonyl (C=O) groups is 1. The van der Waals surface area contributed by atoms with Crippen LogP contribution in [0.4, 0.5) is 0 Å². The molecule has 136 valence electrons. The summed E-state index contributed by atoms with van der Waals surface area (Å²) in [7, 11) is 0. The van der Waals surface area contributed by atoms with Crippen molar-refractivity contribution in [3.63, 3.8) is 0 Å². The first-order chi connectivity index (χ1) is 11.7. The predicted molar refractivity (Wildman–Crippen MR) is 97.4 cm³/mol. The second kappa shape index (κ2) is 13.8. The first kappa shape index (κ1) is 20.4. The lowest BCUT2D eigenvalue weighted by atomic mass is 9.91. The molecule has 5 nitrogen and oxygen atoms in total. The fourth-order valence-electron chi connectivity index (χ4n) is 3.02. The van der Waals surface area contributed by atoms with Crippen molar-refractivity contribution in [1.29, 1.82) is 0 Å². The Balaban J connectivity index is 2.35. The Morgan fingerprint density at radius 2 is 1.75 bits per heavy atom. The lowest BCUT2D eigenvalue weighted by molar-refractivity contribution is -0.137. The largest absolute Gasteiger partial charge is 0.481 e. The van der Waals surface area contributed by atoms with E-state index in [2.05, 4.69) is 22.7 Å². The van der Waals surface area contributed by atoms with Gasteiger partial charge in [0.2, 0.25) is 0 Å². The Bertz CT molecular complexity index is 430. The predicted octanol–water partition coefficient (Wildman–Crippen LogP) is 5.76. The van der Waals surface area contributed by atoms with Gasteiger partial charge in [-0.3, -0.25) is 10.2 Å². The van der Waals surface area contributed by atoms with Crippen LogP contribution in [0.1, 0.15) is 84.0 Å². The third kappa shape index (κ3) is 10.2. The van der Waals surface area contributed by atoms with Gasteiger partial charge in [0.15, 0.2) is 0 Å². The molecule has 0 saturated carbocycles. The van der Waals surface area contributed by atoms with Crippen LogP contribution in [0.5, 0.6) is 0 Å². The van der Waals surface area contributed by atoms with E-state index in [0.29, 0.717) is 5.92 Å². The van der Waals surface area contributed by atoms with Crippen LogP contribution in [0.25, 0.3) is 0 Å². The SMILES string of the molecule is CCCCCCCCCC(CCCCC(=O)O)C1=CC=CNN=N1. The smallest absolute Gasteiger partial charge is 0.303 e. The molecule has 1 unspecified atom stereocenters. The maximum absolute atomic E-state index is 10.6. The van der Waals surface area contributed by atoms with E-state index in [-0.39, 0.29) is 6.42 Å². The molecule has 0 amide bonds. The molecule has 2 N–H and O–H groups in total. The highest BCUT2D eigenvalue weighted by atomic mass is 16.4. The normalized spacial score (nSPS) is 14.8. The number of carboxylic acids is 1. The number of hydrogen-bond donors (Lipinski definition) is 2. The third-order valence-corrected chi connectivity index (χ3v) is 4.43. The molecule has 24 heavy (non-hydrogen) atoms. The van der Waals surface area contributed by atoms with Gasteiger partial charge in [-0.2, -0.15) is 0 Å². The Morgan fingerprint density at radius 3 is 2.46 bits per heavy atom. The van der Waals surface area contributed by atoms with Gasteiger partial charge in [0.05, 0.1) is 5.70 Å². The molecular formula is C19H33N3O2. The van der Waals surface area contributed by atoms with E-state index < -0.39 is 5.97 Å². The molecule has 0 aromatic heterocycles. The Morgan fingerprint density at radius 1 is 1.08 bits per heavy atom. The standard InChI is InChI=1S/C19H33N3O2/c1-2-3-4-5-6-7-8-12-17(13-9-10-15-19(23)24)18-14-11-16-20-22-21-18/h11,14,16-17H,2-10,12-13,15H2,1H3,(H,20,21)(H,23,24). The fourth-order valence-corrected chi connectivity index (χ4v) is 3.02. The molecule has 5 heteroatoms. The molecule has 0 bridgehead atoms. The zero-order valence-corrected chi connectivity index (χ0v) is 15.0. The number of allylic oxidation sites excluding steroid dienone is 3. The van der Waals surface area contributed by atoms with Crippen LogP contribution in [0.3, 0.4) is 0 Å².